The zero-order valence-electron chi connectivity index (χ0n) is 25.0. The lowest BCUT2D eigenvalue weighted by Gasteiger charge is -2.26. The quantitative estimate of drug-likeness (QED) is 0.318. The van der Waals surface area contributed by atoms with Gasteiger partial charge >= 0.3 is 0 Å². The summed E-state index contributed by atoms with van der Waals surface area (Å²) in [5.74, 6) is 0.126. The molecule has 2 heterocycles. The highest BCUT2D eigenvalue weighted by Crippen LogP contribution is 2.30. The molecule has 6 rings (SSSR count). The van der Waals surface area contributed by atoms with Crippen LogP contribution in [0.3, 0.4) is 0 Å². The van der Waals surface area contributed by atoms with E-state index in [0.717, 1.165) is 67.1 Å². The summed E-state index contributed by atoms with van der Waals surface area (Å²) in [7, 11) is 0. The van der Waals surface area contributed by atoms with Crippen LogP contribution in [-0.2, 0) is 9.53 Å². The van der Waals surface area contributed by atoms with Crippen LogP contribution in [0.4, 0.5) is 11.6 Å². The van der Waals surface area contributed by atoms with Gasteiger partial charge in [-0.3, -0.25) is 14.5 Å². The minimum Gasteiger partial charge on any atom is -0.379 e. The van der Waals surface area contributed by atoms with E-state index in [-0.39, 0.29) is 23.7 Å². The number of amides is 2. The van der Waals surface area contributed by atoms with Crippen LogP contribution in [0.1, 0.15) is 40.4 Å². The highest BCUT2D eigenvalue weighted by molar-refractivity contribution is 5.99. The van der Waals surface area contributed by atoms with Gasteiger partial charge in [0.2, 0.25) is 11.9 Å². The SMILES string of the molecule is Cc1ccc(C(=O)NCCN2CCOCC2)cc1NC(=O)C1C=CC(Nc2nc(C3C=CC=CC3)c3ccccc3n2)=CC1. The molecule has 1 fully saturated rings. The zero-order chi connectivity index (χ0) is 30.3. The molecule has 226 valence electrons. The second-order valence-electron chi connectivity index (χ2n) is 11.3. The van der Waals surface area contributed by atoms with E-state index in [1.165, 1.54) is 0 Å². The predicted octanol–water partition coefficient (Wildman–Crippen LogP) is 5.11. The number of para-hydroxylation sites is 1. The van der Waals surface area contributed by atoms with E-state index in [1.54, 1.807) is 12.1 Å². The van der Waals surface area contributed by atoms with Crippen molar-refractivity contribution in [1.82, 2.24) is 20.2 Å². The van der Waals surface area contributed by atoms with E-state index in [2.05, 4.69) is 51.2 Å². The minimum absolute atomic E-state index is 0.120. The molecule has 1 saturated heterocycles. The van der Waals surface area contributed by atoms with Crippen molar-refractivity contribution in [2.45, 2.75) is 25.7 Å². The van der Waals surface area contributed by atoms with Crippen molar-refractivity contribution in [3.63, 3.8) is 0 Å². The summed E-state index contributed by atoms with van der Waals surface area (Å²) < 4.78 is 5.38. The maximum atomic E-state index is 13.2. The molecule has 0 radical (unpaired) electrons. The van der Waals surface area contributed by atoms with E-state index in [9.17, 15) is 9.59 Å². The topological polar surface area (TPSA) is 108 Å². The van der Waals surface area contributed by atoms with Gasteiger partial charge in [-0.25, -0.2) is 9.97 Å². The molecular weight excluding hydrogens is 552 g/mol. The van der Waals surface area contributed by atoms with Gasteiger partial charge in [-0.2, -0.15) is 0 Å². The zero-order valence-corrected chi connectivity index (χ0v) is 25.0. The van der Waals surface area contributed by atoms with Crippen molar-refractivity contribution in [3.8, 4) is 0 Å². The molecule has 1 aliphatic heterocycles. The fraction of sp³-hybridized carbons (Fsp3) is 0.314. The average molecular weight is 591 g/mol. The van der Waals surface area contributed by atoms with Gasteiger partial charge < -0.3 is 20.7 Å². The van der Waals surface area contributed by atoms with Crippen LogP contribution in [0.15, 0.2) is 90.7 Å². The summed E-state index contributed by atoms with van der Waals surface area (Å²) in [6.45, 7) is 6.49. The predicted molar refractivity (Wildman–Crippen MR) is 174 cm³/mol. The molecule has 2 aromatic carbocycles. The van der Waals surface area contributed by atoms with Crippen molar-refractivity contribution in [3.05, 3.63) is 108 Å². The number of aromatic nitrogens is 2. The number of rotatable bonds is 9. The number of morpholine rings is 1. The first-order valence-electron chi connectivity index (χ1n) is 15.3. The molecule has 9 nitrogen and oxygen atoms in total. The molecule has 3 aliphatic rings. The second-order valence-corrected chi connectivity index (χ2v) is 11.3. The first kappa shape index (κ1) is 29.5. The summed E-state index contributed by atoms with van der Waals surface area (Å²) in [5.41, 5.74) is 4.80. The monoisotopic (exact) mass is 590 g/mol. The molecule has 2 aliphatic carbocycles. The van der Waals surface area contributed by atoms with Gasteiger partial charge in [0.05, 0.1) is 30.3 Å². The number of benzene rings is 2. The Morgan fingerprint density at radius 2 is 1.89 bits per heavy atom. The third-order valence-electron chi connectivity index (χ3n) is 8.23. The Morgan fingerprint density at radius 3 is 2.68 bits per heavy atom. The van der Waals surface area contributed by atoms with E-state index < -0.39 is 0 Å². The molecule has 3 N–H and O–H groups in total. The minimum atomic E-state index is -0.335. The number of ether oxygens (including phenoxy) is 1. The van der Waals surface area contributed by atoms with Crippen LogP contribution in [-0.4, -0.2) is 66.1 Å². The molecule has 2 unspecified atom stereocenters. The Labute approximate surface area is 257 Å². The Balaban J connectivity index is 1.06. The summed E-state index contributed by atoms with van der Waals surface area (Å²) in [6.07, 6.45) is 15.7. The lowest BCUT2D eigenvalue weighted by atomic mass is 9.94. The van der Waals surface area contributed by atoms with Gasteiger partial charge in [0.15, 0.2) is 0 Å². The number of carbonyl (C=O) groups is 2. The number of carbonyl (C=O) groups excluding carboxylic acids is 2. The Bertz CT molecular complexity index is 1650. The summed E-state index contributed by atoms with van der Waals surface area (Å²) >= 11 is 0. The molecule has 1 aromatic heterocycles. The molecule has 9 heteroatoms. The van der Waals surface area contributed by atoms with E-state index >= 15 is 0 Å². The maximum Gasteiger partial charge on any atom is 0.251 e. The fourth-order valence-electron chi connectivity index (χ4n) is 5.64. The normalized spacial score (nSPS) is 19.9. The number of hydrogen-bond acceptors (Lipinski definition) is 7. The smallest absolute Gasteiger partial charge is 0.251 e. The van der Waals surface area contributed by atoms with Gasteiger partial charge in [-0.05, 0) is 49.6 Å². The molecule has 44 heavy (non-hydrogen) atoms. The lowest BCUT2D eigenvalue weighted by Crippen LogP contribution is -2.41. The first-order chi connectivity index (χ1) is 21.5. The van der Waals surface area contributed by atoms with Crippen molar-refractivity contribution >= 4 is 34.4 Å². The van der Waals surface area contributed by atoms with Crippen LogP contribution in [0, 0.1) is 12.8 Å². The van der Waals surface area contributed by atoms with Crippen molar-refractivity contribution < 1.29 is 14.3 Å². The number of nitrogens with one attached hydrogen (secondary N) is 3. The van der Waals surface area contributed by atoms with Crippen LogP contribution >= 0.6 is 0 Å². The fourth-order valence-corrected chi connectivity index (χ4v) is 5.64. The van der Waals surface area contributed by atoms with Crippen LogP contribution in [0.25, 0.3) is 10.9 Å². The Hall–Kier alpha value is -4.60. The summed E-state index contributed by atoms with van der Waals surface area (Å²) in [6, 6.07) is 13.5. The van der Waals surface area contributed by atoms with Gasteiger partial charge in [-0.15, -0.1) is 0 Å². The average Bonchev–Trinajstić information content (AvgIpc) is 3.06. The lowest BCUT2D eigenvalue weighted by molar-refractivity contribution is -0.118. The van der Waals surface area contributed by atoms with Crippen molar-refractivity contribution in [1.29, 1.82) is 0 Å². The maximum absolute atomic E-state index is 13.2. The molecule has 2 amide bonds. The number of aryl methyl sites for hydroxylation is 1. The van der Waals surface area contributed by atoms with E-state index in [0.29, 0.717) is 30.2 Å². The molecule has 2 atom stereocenters. The summed E-state index contributed by atoms with van der Waals surface area (Å²) in [5, 5.41) is 10.4. The van der Waals surface area contributed by atoms with Gasteiger partial charge in [0, 0.05) is 54.4 Å². The number of allylic oxidation sites excluding steroid dienone is 6. The van der Waals surface area contributed by atoms with Crippen molar-refractivity contribution in [2.24, 2.45) is 5.92 Å². The highest BCUT2D eigenvalue weighted by atomic mass is 16.5. The molecule has 0 bridgehead atoms. The highest BCUT2D eigenvalue weighted by Gasteiger charge is 2.21. The second kappa shape index (κ2) is 13.8. The number of hydrogen-bond donors (Lipinski definition) is 3. The molecular formula is C35H38N6O3. The van der Waals surface area contributed by atoms with Crippen molar-refractivity contribution in [2.75, 3.05) is 50.0 Å². The molecule has 3 aromatic rings. The summed E-state index contributed by atoms with van der Waals surface area (Å²) in [4.78, 5) is 37.9. The third kappa shape index (κ3) is 7.12. The van der Waals surface area contributed by atoms with Gasteiger partial charge in [-0.1, -0.05) is 60.7 Å². The third-order valence-corrected chi connectivity index (χ3v) is 8.23. The van der Waals surface area contributed by atoms with Crippen LogP contribution in [0.5, 0.6) is 0 Å². The number of nitrogens with zero attached hydrogens (tertiary/aromatic N) is 3. The van der Waals surface area contributed by atoms with Crippen LogP contribution in [0.2, 0.25) is 0 Å². The van der Waals surface area contributed by atoms with E-state index in [1.807, 2.05) is 49.4 Å². The van der Waals surface area contributed by atoms with E-state index in [4.69, 9.17) is 14.7 Å². The standard InChI is InChI=1S/C35H38N6O3/c1-24-11-12-27(33(42)36-17-18-41-19-21-44-22-20-41)23-31(24)38-34(43)26-13-15-28(16-14-26)37-35-39-30-10-6-5-9-29(30)32(40-35)25-7-3-2-4-8-25/h2-7,9-13,15-16,23,25-26H,8,14,17-22H2,1H3,(H,36,42)(H,38,43)(H,37,39,40). The number of fused-ring (bicyclic) bond motifs is 1. The molecule has 0 spiro atoms. The molecule has 0 saturated carbocycles. The van der Waals surface area contributed by atoms with Gasteiger partial charge in [0.25, 0.3) is 5.91 Å². The van der Waals surface area contributed by atoms with Crippen LogP contribution < -0.4 is 16.0 Å². The Kier molecular flexibility index (Phi) is 9.24. The largest absolute Gasteiger partial charge is 0.379 e. The first-order valence-corrected chi connectivity index (χ1v) is 15.3. The Morgan fingerprint density at radius 1 is 1.02 bits per heavy atom. The number of anilines is 2. The van der Waals surface area contributed by atoms with Gasteiger partial charge in [0.1, 0.15) is 0 Å².